The van der Waals surface area contributed by atoms with Crippen LogP contribution >= 0.6 is 0 Å². The second kappa shape index (κ2) is 9.01. The summed E-state index contributed by atoms with van der Waals surface area (Å²) in [6, 6.07) is 11.0. The fraction of sp³-hybridized carbons (Fsp3) is 0.174. The van der Waals surface area contributed by atoms with Crippen molar-refractivity contribution in [1.29, 1.82) is 0 Å². The molecule has 0 aliphatic carbocycles. The molecule has 0 fully saturated rings. The summed E-state index contributed by atoms with van der Waals surface area (Å²) >= 11 is 0. The third-order valence-electron chi connectivity index (χ3n) is 4.50. The summed E-state index contributed by atoms with van der Waals surface area (Å²) in [5, 5.41) is 0. The van der Waals surface area contributed by atoms with Gasteiger partial charge in [0, 0.05) is 18.1 Å². The minimum absolute atomic E-state index is 0.260. The molecule has 1 aromatic heterocycles. The maximum atomic E-state index is 13.2. The summed E-state index contributed by atoms with van der Waals surface area (Å²) < 4.78 is 10.5. The highest BCUT2D eigenvalue weighted by Gasteiger charge is 2.37. The fourth-order valence-corrected chi connectivity index (χ4v) is 3.11. The third kappa shape index (κ3) is 4.43. The van der Waals surface area contributed by atoms with Crippen LogP contribution in [0.1, 0.15) is 18.1 Å². The minimum Gasteiger partial charge on any atom is -0.490 e. The highest BCUT2D eigenvalue weighted by atomic mass is 16.5. The van der Waals surface area contributed by atoms with Crippen molar-refractivity contribution >= 4 is 18.0 Å². The summed E-state index contributed by atoms with van der Waals surface area (Å²) in [7, 11) is 1.30. The Morgan fingerprint density at radius 2 is 2.10 bits per heavy atom. The second-order valence-electron chi connectivity index (χ2n) is 6.43. The smallest absolute Gasteiger partial charge is 0.340 e. The van der Waals surface area contributed by atoms with Crippen molar-refractivity contribution in [3.05, 3.63) is 89.4 Å². The van der Waals surface area contributed by atoms with Gasteiger partial charge in [-0.3, -0.25) is 9.78 Å². The lowest BCUT2D eigenvalue weighted by atomic mass is 10.0. The van der Waals surface area contributed by atoms with E-state index >= 15 is 0 Å². The van der Waals surface area contributed by atoms with Crippen molar-refractivity contribution in [3.8, 4) is 5.75 Å². The first-order valence-corrected chi connectivity index (χ1v) is 9.11. The van der Waals surface area contributed by atoms with E-state index in [9.17, 15) is 9.59 Å². The van der Waals surface area contributed by atoms with Gasteiger partial charge in [0.15, 0.2) is 0 Å². The van der Waals surface area contributed by atoms with Gasteiger partial charge < -0.3 is 14.4 Å². The first-order valence-electron chi connectivity index (χ1n) is 9.11. The lowest BCUT2D eigenvalue weighted by Crippen LogP contribution is -2.24. The van der Waals surface area contributed by atoms with Gasteiger partial charge in [0.05, 0.1) is 24.8 Å². The normalized spacial score (nSPS) is 15.0. The third-order valence-corrected chi connectivity index (χ3v) is 4.50. The average Bonchev–Trinajstić information content (AvgIpc) is 2.97. The van der Waals surface area contributed by atoms with Gasteiger partial charge in [0.25, 0.3) is 5.91 Å². The molecule has 1 amide bonds. The molecule has 1 aromatic carbocycles. The Labute approximate surface area is 169 Å². The standard InChI is InChI=1S/C23H22N2O4/c1-4-11-29-19-9-5-7-17(12-19)13-20-21(23(27)28-3)16(2)25(22(20)26)15-18-8-6-10-24-14-18/h4-10,12-14H,1,11,15H2,2-3H3/b20-13-. The van der Waals surface area contributed by atoms with Crippen molar-refractivity contribution in [2.45, 2.75) is 13.5 Å². The topological polar surface area (TPSA) is 68.7 Å². The van der Waals surface area contributed by atoms with Crippen LogP contribution in [0.4, 0.5) is 0 Å². The number of hydrogen-bond acceptors (Lipinski definition) is 5. The number of esters is 1. The number of ether oxygens (including phenoxy) is 2. The zero-order valence-electron chi connectivity index (χ0n) is 16.4. The van der Waals surface area contributed by atoms with Crippen LogP contribution < -0.4 is 4.74 Å². The van der Waals surface area contributed by atoms with Crippen LogP contribution in [0.3, 0.4) is 0 Å². The van der Waals surface area contributed by atoms with Crippen molar-refractivity contribution in [1.82, 2.24) is 9.88 Å². The maximum absolute atomic E-state index is 13.2. The predicted octanol–water partition coefficient (Wildman–Crippen LogP) is 3.52. The molecule has 0 saturated heterocycles. The van der Waals surface area contributed by atoms with E-state index in [0.29, 0.717) is 30.2 Å². The molecule has 0 saturated carbocycles. The van der Waals surface area contributed by atoms with Gasteiger partial charge in [-0.25, -0.2) is 4.79 Å². The quantitative estimate of drug-likeness (QED) is 0.411. The van der Waals surface area contributed by atoms with Crippen molar-refractivity contribution in [2.75, 3.05) is 13.7 Å². The van der Waals surface area contributed by atoms with Crippen LogP contribution in [0, 0.1) is 0 Å². The van der Waals surface area contributed by atoms with Gasteiger partial charge in [-0.1, -0.05) is 30.9 Å². The number of methoxy groups -OCH3 is 1. The molecule has 2 aromatic rings. The number of allylic oxidation sites excluding steroid dienone is 1. The van der Waals surface area contributed by atoms with Crippen LogP contribution in [0.2, 0.25) is 0 Å². The molecule has 0 atom stereocenters. The minimum atomic E-state index is -0.546. The van der Waals surface area contributed by atoms with Crippen molar-refractivity contribution in [3.63, 3.8) is 0 Å². The largest absolute Gasteiger partial charge is 0.490 e. The fourth-order valence-electron chi connectivity index (χ4n) is 3.11. The van der Waals surface area contributed by atoms with Crippen LogP contribution in [-0.4, -0.2) is 35.5 Å². The summed E-state index contributed by atoms with van der Waals surface area (Å²) in [5.41, 5.74) is 2.71. The molecule has 0 spiro atoms. The van der Waals surface area contributed by atoms with E-state index in [0.717, 1.165) is 11.1 Å². The van der Waals surface area contributed by atoms with Crippen molar-refractivity contribution in [2.24, 2.45) is 0 Å². The molecule has 0 radical (unpaired) electrons. The van der Waals surface area contributed by atoms with Crippen LogP contribution in [0.5, 0.6) is 5.75 Å². The van der Waals surface area contributed by atoms with E-state index in [-0.39, 0.29) is 11.5 Å². The molecular weight excluding hydrogens is 368 g/mol. The molecular formula is C23H22N2O4. The van der Waals surface area contributed by atoms with Gasteiger partial charge in [-0.05, 0) is 42.3 Å². The van der Waals surface area contributed by atoms with Crippen LogP contribution in [0.25, 0.3) is 6.08 Å². The van der Waals surface area contributed by atoms with Gasteiger partial charge in [0.2, 0.25) is 0 Å². The van der Waals surface area contributed by atoms with Gasteiger partial charge in [-0.2, -0.15) is 0 Å². The molecule has 29 heavy (non-hydrogen) atoms. The number of carbonyl (C=O) groups is 2. The van der Waals surface area contributed by atoms with E-state index < -0.39 is 5.97 Å². The average molecular weight is 390 g/mol. The Hall–Kier alpha value is -3.67. The summed E-state index contributed by atoms with van der Waals surface area (Å²) in [5.74, 6) is -0.156. The molecule has 1 aliphatic heterocycles. The molecule has 0 N–H and O–H groups in total. The van der Waals surface area contributed by atoms with Gasteiger partial charge >= 0.3 is 5.97 Å². The maximum Gasteiger partial charge on any atom is 0.340 e. The first-order chi connectivity index (χ1) is 14.0. The van der Waals surface area contributed by atoms with Gasteiger partial charge in [-0.15, -0.1) is 0 Å². The number of benzene rings is 1. The molecule has 3 rings (SSSR count). The highest BCUT2D eigenvalue weighted by Crippen LogP contribution is 2.33. The molecule has 6 nitrogen and oxygen atoms in total. The number of rotatable bonds is 7. The number of aromatic nitrogens is 1. The second-order valence-corrected chi connectivity index (χ2v) is 6.43. The summed E-state index contributed by atoms with van der Waals surface area (Å²) in [6.07, 6.45) is 6.70. The summed E-state index contributed by atoms with van der Waals surface area (Å²) in [4.78, 5) is 31.2. The molecule has 0 bridgehead atoms. The van der Waals surface area contributed by atoms with Crippen molar-refractivity contribution < 1.29 is 19.1 Å². The zero-order valence-corrected chi connectivity index (χ0v) is 16.4. The van der Waals surface area contributed by atoms with Crippen LogP contribution in [-0.2, 0) is 20.9 Å². The number of nitrogens with zero attached hydrogens (tertiary/aromatic N) is 2. The molecule has 2 heterocycles. The SMILES string of the molecule is C=CCOc1cccc(/C=C2\C(=O)N(Cc3cccnc3)C(C)=C2C(=O)OC)c1. The molecule has 6 heteroatoms. The van der Waals surface area contributed by atoms with Crippen LogP contribution in [0.15, 0.2) is 78.3 Å². The lowest BCUT2D eigenvalue weighted by molar-refractivity contribution is -0.136. The Morgan fingerprint density at radius 3 is 2.79 bits per heavy atom. The van der Waals surface area contributed by atoms with Gasteiger partial charge in [0.1, 0.15) is 12.4 Å². The number of hydrogen-bond donors (Lipinski definition) is 0. The Bertz CT molecular complexity index is 993. The Kier molecular flexibility index (Phi) is 6.24. The van der Waals surface area contributed by atoms with E-state index in [1.54, 1.807) is 42.4 Å². The monoisotopic (exact) mass is 390 g/mol. The lowest BCUT2D eigenvalue weighted by Gasteiger charge is -2.17. The number of pyridine rings is 1. The highest BCUT2D eigenvalue weighted by molar-refractivity contribution is 6.16. The summed E-state index contributed by atoms with van der Waals surface area (Å²) in [6.45, 7) is 6.07. The number of carbonyl (C=O) groups excluding carboxylic acids is 2. The molecule has 0 unspecified atom stereocenters. The first kappa shape index (κ1) is 20.1. The molecule has 148 valence electrons. The number of amides is 1. The predicted molar refractivity (Wildman–Crippen MR) is 110 cm³/mol. The van der Waals surface area contributed by atoms with E-state index in [1.807, 2.05) is 30.3 Å². The van der Waals surface area contributed by atoms with E-state index in [1.165, 1.54) is 7.11 Å². The molecule has 1 aliphatic rings. The zero-order chi connectivity index (χ0) is 20.8. The van der Waals surface area contributed by atoms with E-state index in [4.69, 9.17) is 9.47 Å². The van der Waals surface area contributed by atoms with E-state index in [2.05, 4.69) is 11.6 Å². The Balaban J connectivity index is 1.98. The Morgan fingerprint density at radius 1 is 1.28 bits per heavy atom.